The lowest BCUT2D eigenvalue weighted by Crippen LogP contribution is -2.52. The number of fused-ring (bicyclic) bond motifs is 3. The predicted molar refractivity (Wildman–Crippen MR) is 67.9 cm³/mol. The zero-order chi connectivity index (χ0) is 13.1. The molecule has 3 heteroatoms. The van der Waals surface area contributed by atoms with Gasteiger partial charge in [-0.2, -0.15) is 0 Å². The Balaban J connectivity index is 2.10. The van der Waals surface area contributed by atoms with Gasteiger partial charge in [0.05, 0.1) is 5.92 Å². The zero-order valence-electron chi connectivity index (χ0n) is 11.5. The molecule has 3 aliphatic rings. The quantitative estimate of drug-likeness (QED) is 0.531. The average molecular weight is 250 g/mol. The molecule has 18 heavy (non-hydrogen) atoms. The molecule has 0 amide bonds. The van der Waals surface area contributed by atoms with Gasteiger partial charge in [0, 0.05) is 0 Å². The van der Waals surface area contributed by atoms with E-state index in [2.05, 4.69) is 13.8 Å². The molecule has 1 saturated heterocycles. The van der Waals surface area contributed by atoms with Gasteiger partial charge < -0.3 is 9.84 Å². The number of esters is 1. The molecule has 0 aromatic rings. The Labute approximate surface area is 108 Å². The molecule has 1 N–H and O–H groups in total. The molecular formula is C15H22O3. The maximum absolute atomic E-state index is 11.8. The third-order valence-corrected chi connectivity index (χ3v) is 5.52. The summed E-state index contributed by atoms with van der Waals surface area (Å²) in [5.74, 6) is -0.633. The Hall–Kier alpha value is -0.830. The minimum Gasteiger partial charge on any atom is -0.454 e. The highest BCUT2D eigenvalue weighted by Crippen LogP contribution is 2.56. The van der Waals surface area contributed by atoms with E-state index in [4.69, 9.17) is 4.74 Å². The Bertz CT molecular complexity index is 439. The highest BCUT2D eigenvalue weighted by atomic mass is 16.6. The summed E-state index contributed by atoms with van der Waals surface area (Å²) in [6, 6.07) is 0. The second-order valence-corrected chi connectivity index (χ2v) is 6.64. The van der Waals surface area contributed by atoms with Crippen molar-refractivity contribution >= 4 is 5.97 Å². The third kappa shape index (κ3) is 1.37. The van der Waals surface area contributed by atoms with Crippen LogP contribution in [-0.4, -0.2) is 22.8 Å². The molecule has 2 aliphatic carbocycles. The summed E-state index contributed by atoms with van der Waals surface area (Å²) in [5, 5.41) is 10.8. The van der Waals surface area contributed by atoms with Gasteiger partial charge in [0.25, 0.3) is 0 Å². The molecule has 2 fully saturated rings. The van der Waals surface area contributed by atoms with Gasteiger partial charge in [-0.05, 0) is 56.9 Å². The van der Waals surface area contributed by atoms with Crippen LogP contribution in [-0.2, 0) is 9.53 Å². The smallest absolute Gasteiger partial charge is 0.312 e. The number of aliphatic hydroxyl groups is 1. The number of ether oxygens (including phenoxy) is 1. The van der Waals surface area contributed by atoms with E-state index in [0.717, 1.165) is 19.3 Å². The maximum atomic E-state index is 11.8. The molecule has 0 spiro atoms. The van der Waals surface area contributed by atoms with E-state index in [9.17, 15) is 9.90 Å². The van der Waals surface area contributed by atoms with Crippen LogP contribution in [0.1, 0.15) is 52.9 Å². The summed E-state index contributed by atoms with van der Waals surface area (Å²) in [4.78, 5) is 11.8. The topological polar surface area (TPSA) is 46.5 Å². The van der Waals surface area contributed by atoms with Gasteiger partial charge in [0.2, 0.25) is 0 Å². The van der Waals surface area contributed by atoms with Crippen LogP contribution in [0.3, 0.4) is 0 Å². The highest BCUT2D eigenvalue weighted by Gasteiger charge is 2.61. The van der Waals surface area contributed by atoms with Crippen LogP contribution >= 0.6 is 0 Å². The van der Waals surface area contributed by atoms with E-state index < -0.39 is 11.5 Å². The van der Waals surface area contributed by atoms with Gasteiger partial charge in [-0.15, -0.1) is 0 Å². The molecule has 0 aromatic carbocycles. The monoisotopic (exact) mass is 250 g/mol. The van der Waals surface area contributed by atoms with Crippen molar-refractivity contribution in [3.8, 4) is 0 Å². The molecule has 1 saturated carbocycles. The predicted octanol–water partition coefficient (Wildman–Crippen LogP) is 2.58. The minimum absolute atomic E-state index is 0.129. The lowest BCUT2D eigenvalue weighted by molar-refractivity contribution is -0.143. The second kappa shape index (κ2) is 3.60. The third-order valence-electron chi connectivity index (χ3n) is 5.52. The summed E-state index contributed by atoms with van der Waals surface area (Å²) in [6.07, 6.45) is 4.69. The van der Waals surface area contributed by atoms with Gasteiger partial charge in [0.15, 0.2) is 6.10 Å². The summed E-state index contributed by atoms with van der Waals surface area (Å²) in [6.45, 7) is 6.19. The summed E-state index contributed by atoms with van der Waals surface area (Å²) >= 11 is 0. The van der Waals surface area contributed by atoms with Crippen LogP contribution in [0.25, 0.3) is 0 Å². The molecule has 100 valence electrons. The first-order valence-electron chi connectivity index (χ1n) is 7.01. The first-order valence-corrected chi connectivity index (χ1v) is 7.01. The van der Waals surface area contributed by atoms with Crippen LogP contribution in [0.15, 0.2) is 11.1 Å². The van der Waals surface area contributed by atoms with Crippen LogP contribution in [0.5, 0.6) is 0 Å². The van der Waals surface area contributed by atoms with Crippen molar-refractivity contribution in [2.45, 2.75) is 64.6 Å². The van der Waals surface area contributed by atoms with E-state index in [1.807, 2.05) is 0 Å². The fourth-order valence-electron chi connectivity index (χ4n) is 4.21. The molecule has 0 aromatic heterocycles. The normalized spacial score (nSPS) is 47.7. The van der Waals surface area contributed by atoms with E-state index in [-0.39, 0.29) is 17.5 Å². The van der Waals surface area contributed by atoms with Crippen LogP contribution in [0, 0.1) is 11.3 Å². The first-order chi connectivity index (χ1) is 8.38. The van der Waals surface area contributed by atoms with Crippen molar-refractivity contribution in [1.29, 1.82) is 0 Å². The van der Waals surface area contributed by atoms with Crippen molar-refractivity contribution in [3.05, 3.63) is 11.1 Å². The van der Waals surface area contributed by atoms with E-state index in [1.54, 1.807) is 6.92 Å². The fourth-order valence-corrected chi connectivity index (χ4v) is 4.21. The number of carbonyl (C=O) groups excluding carboxylic acids is 1. The molecule has 4 atom stereocenters. The molecule has 0 bridgehead atoms. The van der Waals surface area contributed by atoms with Crippen LogP contribution < -0.4 is 0 Å². The second-order valence-electron chi connectivity index (χ2n) is 6.64. The van der Waals surface area contributed by atoms with Crippen molar-refractivity contribution in [2.24, 2.45) is 11.3 Å². The largest absolute Gasteiger partial charge is 0.454 e. The van der Waals surface area contributed by atoms with Gasteiger partial charge in [-0.3, -0.25) is 4.79 Å². The Morgan fingerprint density at radius 1 is 1.33 bits per heavy atom. The number of rotatable bonds is 0. The zero-order valence-corrected chi connectivity index (χ0v) is 11.5. The lowest BCUT2D eigenvalue weighted by Gasteiger charge is -2.49. The standard InChI is InChI=1S/C15H22O3/c1-9-5-4-6-14(3)7-8-15(17)10(2)13(16)18-12(15)11(9)14/h10,12,17H,4-8H2,1-3H3. The van der Waals surface area contributed by atoms with Crippen LogP contribution in [0.2, 0.25) is 0 Å². The van der Waals surface area contributed by atoms with Crippen molar-refractivity contribution in [2.75, 3.05) is 0 Å². The first kappa shape index (κ1) is 12.2. The summed E-state index contributed by atoms with van der Waals surface area (Å²) in [7, 11) is 0. The van der Waals surface area contributed by atoms with Gasteiger partial charge >= 0.3 is 5.97 Å². The number of hydrogen-bond acceptors (Lipinski definition) is 3. The molecule has 0 radical (unpaired) electrons. The SMILES string of the molecule is CC1=C2C3OC(=O)C(C)C3(O)CCC2(C)CCC1. The van der Waals surface area contributed by atoms with Gasteiger partial charge in [-0.25, -0.2) is 0 Å². The number of allylic oxidation sites excluding steroid dienone is 1. The Morgan fingerprint density at radius 3 is 2.78 bits per heavy atom. The molecule has 3 nitrogen and oxygen atoms in total. The maximum Gasteiger partial charge on any atom is 0.312 e. The van der Waals surface area contributed by atoms with E-state index in [1.165, 1.54) is 17.6 Å². The van der Waals surface area contributed by atoms with E-state index >= 15 is 0 Å². The van der Waals surface area contributed by atoms with Gasteiger partial charge in [-0.1, -0.05) is 12.5 Å². The Kier molecular flexibility index (Phi) is 2.44. The Morgan fingerprint density at radius 2 is 2.06 bits per heavy atom. The summed E-state index contributed by atoms with van der Waals surface area (Å²) < 4.78 is 5.54. The molecule has 1 aliphatic heterocycles. The number of hydrogen-bond donors (Lipinski definition) is 1. The average Bonchev–Trinajstić information content (AvgIpc) is 2.53. The molecule has 4 unspecified atom stereocenters. The van der Waals surface area contributed by atoms with Crippen LogP contribution in [0.4, 0.5) is 0 Å². The van der Waals surface area contributed by atoms with Crippen molar-refractivity contribution in [3.63, 3.8) is 0 Å². The molecule has 3 rings (SSSR count). The molecule has 1 heterocycles. The van der Waals surface area contributed by atoms with E-state index in [0.29, 0.717) is 6.42 Å². The highest BCUT2D eigenvalue weighted by molar-refractivity contribution is 5.77. The molecular weight excluding hydrogens is 228 g/mol. The lowest BCUT2D eigenvalue weighted by atomic mass is 9.58. The van der Waals surface area contributed by atoms with Crippen molar-refractivity contribution < 1.29 is 14.6 Å². The fraction of sp³-hybridized carbons (Fsp3) is 0.800. The number of carbonyl (C=O) groups is 1. The van der Waals surface area contributed by atoms with Crippen molar-refractivity contribution in [1.82, 2.24) is 0 Å². The minimum atomic E-state index is -0.968. The van der Waals surface area contributed by atoms with Gasteiger partial charge in [0.1, 0.15) is 5.60 Å². The summed E-state index contributed by atoms with van der Waals surface area (Å²) in [5.41, 5.74) is 1.71.